The highest BCUT2D eigenvalue weighted by atomic mass is 32.1. The second-order valence-electron chi connectivity index (χ2n) is 3.45. The summed E-state index contributed by atoms with van der Waals surface area (Å²) in [5, 5.41) is 4.26. The van der Waals surface area contributed by atoms with E-state index in [1.54, 1.807) is 11.3 Å². The Morgan fingerprint density at radius 3 is 2.71 bits per heavy atom. The highest BCUT2D eigenvalue weighted by Crippen LogP contribution is 2.27. The lowest BCUT2D eigenvalue weighted by molar-refractivity contribution is 1.20. The van der Waals surface area contributed by atoms with Gasteiger partial charge in [-0.15, -0.1) is 0 Å². The SMILES string of the molecule is CCNc1nc2cc(C)c(C)cc2s1. The summed E-state index contributed by atoms with van der Waals surface area (Å²) in [6.07, 6.45) is 0. The lowest BCUT2D eigenvalue weighted by atomic mass is 10.1. The van der Waals surface area contributed by atoms with Crippen LogP contribution in [0, 0.1) is 13.8 Å². The van der Waals surface area contributed by atoms with Gasteiger partial charge in [0.2, 0.25) is 0 Å². The van der Waals surface area contributed by atoms with E-state index in [1.165, 1.54) is 15.8 Å². The van der Waals surface area contributed by atoms with Gasteiger partial charge in [0.15, 0.2) is 5.13 Å². The Labute approximate surface area is 88.0 Å². The van der Waals surface area contributed by atoms with Crippen molar-refractivity contribution in [1.82, 2.24) is 4.98 Å². The van der Waals surface area contributed by atoms with Crippen LogP contribution < -0.4 is 5.32 Å². The van der Waals surface area contributed by atoms with Crippen LogP contribution in [0.2, 0.25) is 0 Å². The van der Waals surface area contributed by atoms with Gasteiger partial charge in [0, 0.05) is 6.54 Å². The van der Waals surface area contributed by atoms with E-state index in [-0.39, 0.29) is 0 Å². The molecule has 1 N–H and O–H groups in total. The first kappa shape index (κ1) is 9.46. The van der Waals surface area contributed by atoms with Crippen LogP contribution in [-0.4, -0.2) is 11.5 Å². The fourth-order valence-electron chi connectivity index (χ4n) is 1.41. The first-order chi connectivity index (χ1) is 6.70. The van der Waals surface area contributed by atoms with Crippen LogP contribution >= 0.6 is 11.3 Å². The number of fused-ring (bicyclic) bond motifs is 1. The summed E-state index contributed by atoms with van der Waals surface area (Å²) in [7, 11) is 0. The zero-order chi connectivity index (χ0) is 10.1. The van der Waals surface area contributed by atoms with Crippen molar-refractivity contribution in [3.63, 3.8) is 0 Å². The maximum atomic E-state index is 4.51. The lowest BCUT2D eigenvalue weighted by Gasteiger charge is -1.96. The summed E-state index contributed by atoms with van der Waals surface area (Å²) in [4.78, 5) is 4.51. The molecule has 0 spiro atoms. The average Bonchev–Trinajstić information content (AvgIpc) is 2.48. The highest BCUT2D eigenvalue weighted by Gasteiger charge is 2.04. The molecule has 1 heterocycles. The van der Waals surface area contributed by atoms with Crippen molar-refractivity contribution in [1.29, 1.82) is 0 Å². The van der Waals surface area contributed by atoms with Crippen molar-refractivity contribution in [2.45, 2.75) is 20.8 Å². The highest BCUT2D eigenvalue weighted by molar-refractivity contribution is 7.22. The van der Waals surface area contributed by atoms with Gasteiger partial charge in [-0.1, -0.05) is 11.3 Å². The Morgan fingerprint density at radius 2 is 2.00 bits per heavy atom. The van der Waals surface area contributed by atoms with Gasteiger partial charge in [-0.2, -0.15) is 0 Å². The van der Waals surface area contributed by atoms with Crippen molar-refractivity contribution < 1.29 is 0 Å². The molecule has 3 heteroatoms. The molecule has 0 bridgehead atoms. The van der Waals surface area contributed by atoms with E-state index in [2.05, 4.69) is 43.2 Å². The number of hydrogen-bond acceptors (Lipinski definition) is 3. The Hall–Kier alpha value is -1.09. The van der Waals surface area contributed by atoms with Crippen LogP contribution in [0.3, 0.4) is 0 Å². The molecule has 0 unspecified atom stereocenters. The van der Waals surface area contributed by atoms with E-state index < -0.39 is 0 Å². The predicted octanol–water partition coefficient (Wildman–Crippen LogP) is 3.34. The van der Waals surface area contributed by atoms with Crippen LogP contribution in [0.5, 0.6) is 0 Å². The molecule has 0 fully saturated rings. The molecule has 2 aromatic rings. The third kappa shape index (κ3) is 1.60. The second-order valence-corrected chi connectivity index (χ2v) is 4.48. The molecule has 0 saturated heterocycles. The van der Waals surface area contributed by atoms with Crippen molar-refractivity contribution in [2.24, 2.45) is 0 Å². The predicted molar refractivity (Wildman–Crippen MR) is 63.3 cm³/mol. The second kappa shape index (κ2) is 3.58. The minimum atomic E-state index is 0.928. The molecule has 1 aromatic heterocycles. The van der Waals surface area contributed by atoms with Crippen molar-refractivity contribution in [2.75, 3.05) is 11.9 Å². The van der Waals surface area contributed by atoms with Gasteiger partial charge in [0.1, 0.15) is 0 Å². The van der Waals surface area contributed by atoms with Crippen molar-refractivity contribution in [3.8, 4) is 0 Å². The number of anilines is 1. The number of nitrogens with one attached hydrogen (secondary N) is 1. The molecule has 2 nitrogen and oxygen atoms in total. The average molecular weight is 206 g/mol. The van der Waals surface area contributed by atoms with Gasteiger partial charge >= 0.3 is 0 Å². The van der Waals surface area contributed by atoms with Gasteiger partial charge in [-0.05, 0) is 44.0 Å². The minimum absolute atomic E-state index is 0.928. The number of benzene rings is 1. The van der Waals surface area contributed by atoms with Gasteiger partial charge in [0.25, 0.3) is 0 Å². The van der Waals surface area contributed by atoms with Crippen LogP contribution in [0.4, 0.5) is 5.13 Å². The summed E-state index contributed by atoms with van der Waals surface area (Å²) in [5.41, 5.74) is 3.75. The van der Waals surface area contributed by atoms with Crippen LogP contribution in [0.15, 0.2) is 12.1 Å². The summed E-state index contributed by atoms with van der Waals surface area (Å²) >= 11 is 1.72. The molecule has 0 amide bonds. The molecular weight excluding hydrogens is 192 g/mol. The summed E-state index contributed by atoms with van der Waals surface area (Å²) < 4.78 is 1.27. The molecule has 0 saturated carbocycles. The number of aromatic nitrogens is 1. The largest absolute Gasteiger partial charge is 0.362 e. The maximum Gasteiger partial charge on any atom is 0.183 e. The standard InChI is InChI=1S/C11H14N2S/c1-4-12-11-13-9-5-7(2)8(3)6-10(9)14-11/h5-6H,4H2,1-3H3,(H,12,13). The van der Waals surface area contributed by atoms with E-state index in [0.29, 0.717) is 0 Å². The third-order valence-corrected chi connectivity index (χ3v) is 3.31. The zero-order valence-electron chi connectivity index (χ0n) is 8.72. The normalized spacial score (nSPS) is 10.8. The monoisotopic (exact) mass is 206 g/mol. The van der Waals surface area contributed by atoms with Gasteiger partial charge in [-0.3, -0.25) is 0 Å². The molecule has 0 atom stereocenters. The van der Waals surface area contributed by atoms with Gasteiger partial charge in [0.05, 0.1) is 10.2 Å². The maximum absolute atomic E-state index is 4.51. The first-order valence-electron chi connectivity index (χ1n) is 4.82. The Balaban J connectivity index is 2.54. The fourth-order valence-corrected chi connectivity index (χ4v) is 2.42. The van der Waals surface area contributed by atoms with E-state index in [0.717, 1.165) is 17.2 Å². The van der Waals surface area contributed by atoms with Crippen molar-refractivity contribution in [3.05, 3.63) is 23.3 Å². The quantitative estimate of drug-likeness (QED) is 0.815. The third-order valence-electron chi connectivity index (χ3n) is 2.33. The first-order valence-corrected chi connectivity index (χ1v) is 5.64. The topological polar surface area (TPSA) is 24.9 Å². The van der Waals surface area contributed by atoms with E-state index in [1.807, 2.05) is 0 Å². The summed E-state index contributed by atoms with van der Waals surface area (Å²) in [6.45, 7) is 7.28. The number of rotatable bonds is 2. The van der Waals surface area contributed by atoms with Gasteiger partial charge in [-0.25, -0.2) is 4.98 Å². The molecule has 2 rings (SSSR count). The molecule has 0 aliphatic carbocycles. The minimum Gasteiger partial charge on any atom is -0.362 e. The molecule has 0 aliphatic rings. The van der Waals surface area contributed by atoms with Crippen LogP contribution in [0.1, 0.15) is 18.1 Å². The Kier molecular flexibility index (Phi) is 2.42. The van der Waals surface area contributed by atoms with Crippen molar-refractivity contribution >= 4 is 26.7 Å². The molecule has 0 aliphatic heterocycles. The van der Waals surface area contributed by atoms with Crippen LogP contribution in [-0.2, 0) is 0 Å². The Bertz CT molecular complexity index is 421. The number of aryl methyl sites for hydroxylation is 2. The molecular formula is C11H14N2S. The molecule has 1 aromatic carbocycles. The van der Waals surface area contributed by atoms with E-state index in [4.69, 9.17) is 0 Å². The van der Waals surface area contributed by atoms with Gasteiger partial charge < -0.3 is 5.32 Å². The molecule has 0 radical (unpaired) electrons. The lowest BCUT2D eigenvalue weighted by Crippen LogP contribution is -1.94. The number of thiazole rings is 1. The molecule has 14 heavy (non-hydrogen) atoms. The number of hydrogen-bond donors (Lipinski definition) is 1. The zero-order valence-corrected chi connectivity index (χ0v) is 9.53. The fraction of sp³-hybridized carbons (Fsp3) is 0.364. The summed E-state index contributed by atoms with van der Waals surface area (Å²) in [6, 6.07) is 4.37. The van der Waals surface area contributed by atoms with E-state index in [9.17, 15) is 0 Å². The smallest absolute Gasteiger partial charge is 0.183 e. The molecule has 74 valence electrons. The van der Waals surface area contributed by atoms with E-state index >= 15 is 0 Å². The van der Waals surface area contributed by atoms with Crippen LogP contribution in [0.25, 0.3) is 10.2 Å². The number of nitrogens with zero attached hydrogens (tertiary/aromatic N) is 1. The summed E-state index contributed by atoms with van der Waals surface area (Å²) in [5.74, 6) is 0. The Morgan fingerprint density at radius 1 is 1.29 bits per heavy atom.